The fourth-order valence-electron chi connectivity index (χ4n) is 2.47. The number of rotatable bonds is 6. The lowest BCUT2D eigenvalue weighted by molar-refractivity contribution is -0.140. The van der Waals surface area contributed by atoms with Gasteiger partial charge in [-0.25, -0.2) is 14.8 Å². The number of thiazole rings is 1. The van der Waals surface area contributed by atoms with Crippen LogP contribution in [0.1, 0.15) is 11.6 Å². The van der Waals surface area contributed by atoms with E-state index in [0.29, 0.717) is 12.2 Å². The van der Waals surface area contributed by atoms with Crippen LogP contribution < -0.4 is 4.90 Å². The molecule has 0 aliphatic carbocycles. The summed E-state index contributed by atoms with van der Waals surface area (Å²) < 4.78 is 1.71. The molecule has 2 aromatic heterocycles. The quantitative estimate of drug-likeness (QED) is 0.746. The van der Waals surface area contributed by atoms with Crippen LogP contribution in [0.15, 0.2) is 48.9 Å². The predicted molar refractivity (Wildman–Crippen MR) is 94.5 cm³/mol. The number of benzene rings is 1. The highest BCUT2D eigenvalue weighted by Gasteiger charge is 2.24. The van der Waals surface area contributed by atoms with Gasteiger partial charge in [-0.3, -0.25) is 0 Å². The molecule has 0 radical (unpaired) electrons. The first-order valence-electron chi connectivity index (χ1n) is 7.49. The van der Waals surface area contributed by atoms with E-state index >= 15 is 0 Å². The molecule has 3 rings (SSSR count). The van der Waals surface area contributed by atoms with Gasteiger partial charge in [-0.1, -0.05) is 41.7 Å². The van der Waals surface area contributed by atoms with Crippen LogP contribution >= 0.6 is 11.3 Å². The van der Waals surface area contributed by atoms with Crippen molar-refractivity contribution in [1.82, 2.24) is 14.5 Å². The maximum absolute atomic E-state index is 11.8. The van der Waals surface area contributed by atoms with Crippen molar-refractivity contribution in [2.75, 3.05) is 19.0 Å². The summed E-state index contributed by atoms with van der Waals surface area (Å²) in [5.41, 5.74) is 0.975. The number of aromatic nitrogens is 3. The second-order valence-corrected chi connectivity index (χ2v) is 6.61. The molecule has 6 nitrogen and oxygen atoms in total. The Kier molecular flexibility index (Phi) is 4.61. The van der Waals surface area contributed by atoms with Gasteiger partial charge >= 0.3 is 5.97 Å². The van der Waals surface area contributed by atoms with Crippen LogP contribution in [0, 0.1) is 0 Å². The van der Waals surface area contributed by atoms with Crippen LogP contribution in [-0.4, -0.2) is 39.7 Å². The molecule has 7 heteroatoms. The first-order valence-corrected chi connectivity index (χ1v) is 8.31. The highest BCUT2D eigenvalue weighted by molar-refractivity contribution is 7.18. The number of aliphatic carboxylic acids is 1. The largest absolute Gasteiger partial charge is 0.480 e. The maximum atomic E-state index is 11.8. The molecule has 124 valence electrons. The third-order valence-electron chi connectivity index (χ3n) is 3.66. The lowest BCUT2D eigenvalue weighted by Gasteiger charge is -2.16. The van der Waals surface area contributed by atoms with Crippen LogP contribution in [0.4, 0.5) is 5.13 Å². The van der Waals surface area contributed by atoms with E-state index in [2.05, 4.69) is 9.97 Å². The van der Waals surface area contributed by atoms with E-state index in [1.165, 1.54) is 11.3 Å². The fraction of sp³-hybridized carbons (Fsp3) is 0.235. The maximum Gasteiger partial charge on any atom is 0.327 e. The number of hydrogen-bond acceptors (Lipinski definition) is 5. The number of carbonyl (C=O) groups is 1. The van der Waals surface area contributed by atoms with Crippen molar-refractivity contribution in [2.45, 2.75) is 12.5 Å². The van der Waals surface area contributed by atoms with E-state index in [0.717, 1.165) is 15.6 Å². The van der Waals surface area contributed by atoms with E-state index in [4.69, 9.17) is 0 Å². The molecule has 0 saturated heterocycles. The zero-order chi connectivity index (χ0) is 17.1. The molecule has 0 spiro atoms. The average molecular weight is 342 g/mol. The molecule has 1 atom stereocenters. The number of imidazole rings is 1. The summed E-state index contributed by atoms with van der Waals surface area (Å²) in [5.74, 6) is -0.251. The molecule has 0 aliphatic heterocycles. The molecule has 3 aromatic rings. The Morgan fingerprint density at radius 2 is 2.04 bits per heavy atom. The molecule has 0 amide bonds. The molecular formula is C17H18N4O2S. The Morgan fingerprint density at radius 3 is 2.67 bits per heavy atom. The third-order valence-corrected chi connectivity index (χ3v) is 4.82. The van der Waals surface area contributed by atoms with Gasteiger partial charge in [0.25, 0.3) is 0 Å². The highest BCUT2D eigenvalue weighted by atomic mass is 32.1. The lowest BCUT2D eigenvalue weighted by atomic mass is 10.1. The lowest BCUT2D eigenvalue weighted by Crippen LogP contribution is -2.21. The van der Waals surface area contributed by atoms with E-state index < -0.39 is 12.0 Å². The molecule has 0 saturated carbocycles. The fourth-order valence-corrected chi connectivity index (χ4v) is 3.31. The normalized spacial score (nSPS) is 12.1. The Hall–Kier alpha value is -2.67. The van der Waals surface area contributed by atoms with E-state index in [-0.39, 0.29) is 0 Å². The number of carboxylic acids is 1. The van der Waals surface area contributed by atoms with E-state index in [9.17, 15) is 9.90 Å². The van der Waals surface area contributed by atoms with Crippen molar-refractivity contribution < 1.29 is 9.90 Å². The molecule has 24 heavy (non-hydrogen) atoms. The minimum absolute atomic E-state index is 0.402. The van der Waals surface area contributed by atoms with Gasteiger partial charge in [-0.2, -0.15) is 0 Å². The Morgan fingerprint density at radius 1 is 1.29 bits per heavy atom. The number of hydrogen-bond donors (Lipinski definition) is 1. The van der Waals surface area contributed by atoms with Crippen LogP contribution in [0.3, 0.4) is 0 Å². The van der Waals surface area contributed by atoms with Gasteiger partial charge in [0.2, 0.25) is 0 Å². The van der Waals surface area contributed by atoms with Gasteiger partial charge in [-0.15, -0.1) is 0 Å². The monoisotopic (exact) mass is 342 g/mol. The second kappa shape index (κ2) is 6.84. The number of anilines is 1. The van der Waals surface area contributed by atoms with E-state index in [1.807, 2.05) is 49.3 Å². The van der Waals surface area contributed by atoms with Crippen molar-refractivity contribution in [3.05, 3.63) is 54.5 Å². The smallest absolute Gasteiger partial charge is 0.327 e. The first-order chi connectivity index (χ1) is 11.6. The molecule has 0 bridgehead atoms. The van der Waals surface area contributed by atoms with E-state index in [1.54, 1.807) is 23.2 Å². The Bertz CT molecular complexity index is 826. The van der Waals surface area contributed by atoms with Crippen LogP contribution in [-0.2, 0) is 11.2 Å². The summed E-state index contributed by atoms with van der Waals surface area (Å²) in [4.78, 5) is 23.3. The van der Waals surface area contributed by atoms with Gasteiger partial charge in [0.15, 0.2) is 11.0 Å². The van der Waals surface area contributed by atoms with Gasteiger partial charge in [0.1, 0.15) is 6.04 Å². The van der Waals surface area contributed by atoms with Crippen molar-refractivity contribution in [3.8, 4) is 10.7 Å². The molecule has 0 aliphatic rings. The van der Waals surface area contributed by atoms with Crippen molar-refractivity contribution in [3.63, 3.8) is 0 Å². The summed E-state index contributed by atoms with van der Waals surface area (Å²) in [6, 6.07) is 8.90. The number of nitrogens with zero attached hydrogens (tertiary/aromatic N) is 4. The number of carboxylic acid groups (broad SMARTS) is 1. The summed E-state index contributed by atoms with van der Waals surface area (Å²) >= 11 is 1.49. The molecule has 2 heterocycles. The molecule has 0 unspecified atom stereocenters. The van der Waals surface area contributed by atoms with Gasteiger partial charge < -0.3 is 14.6 Å². The molecule has 0 fully saturated rings. The topological polar surface area (TPSA) is 71.2 Å². The van der Waals surface area contributed by atoms with Gasteiger partial charge in [0.05, 0.1) is 11.1 Å². The zero-order valence-electron chi connectivity index (χ0n) is 13.5. The molecule has 1 aromatic carbocycles. The summed E-state index contributed by atoms with van der Waals surface area (Å²) in [6.45, 7) is 0. The average Bonchev–Trinajstić information content (AvgIpc) is 3.22. The van der Waals surface area contributed by atoms with Crippen molar-refractivity contribution in [1.29, 1.82) is 0 Å². The summed E-state index contributed by atoms with van der Waals surface area (Å²) in [6.07, 6.45) is 5.48. The summed E-state index contributed by atoms with van der Waals surface area (Å²) in [5, 5.41) is 10.6. The molecular weight excluding hydrogens is 324 g/mol. The molecule has 1 N–H and O–H groups in total. The minimum Gasteiger partial charge on any atom is -0.480 e. The standard InChI is InChI=1S/C17H18N4O2S/c1-20(2)17-19-11-14(24-17)15-18-8-9-21(15)13(16(22)23)10-12-6-4-3-5-7-12/h3-9,11,13H,10H2,1-2H3,(H,22,23)/t13-/m0/s1. The van der Waals surface area contributed by atoms with Gasteiger partial charge in [0, 0.05) is 32.9 Å². The first kappa shape index (κ1) is 16.2. The Labute approximate surface area is 144 Å². The highest BCUT2D eigenvalue weighted by Crippen LogP contribution is 2.31. The zero-order valence-corrected chi connectivity index (χ0v) is 14.3. The second-order valence-electron chi connectivity index (χ2n) is 5.60. The SMILES string of the molecule is CN(C)c1ncc(-c2nccn2[C@@H](Cc2ccccc2)C(=O)O)s1. The van der Waals surface area contributed by atoms with Crippen molar-refractivity contribution >= 4 is 22.4 Å². The third kappa shape index (κ3) is 3.30. The Balaban J connectivity index is 1.95. The predicted octanol–water partition coefficient (Wildman–Crippen LogP) is 2.94. The van der Waals surface area contributed by atoms with Crippen molar-refractivity contribution in [2.24, 2.45) is 0 Å². The van der Waals surface area contributed by atoms with Crippen LogP contribution in [0.2, 0.25) is 0 Å². The minimum atomic E-state index is -0.879. The van der Waals surface area contributed by atoms with Crippen LogP contribution in [0.5, 0.6) is 0 Å². The van der Waals surface area contributed by atoms with Gasteiger partial charge in [-0.05, 0) is 5.56 Å². The van der Waals surface area contributed by atoms with Crippen LogP contribution in [0.25, 0.3) is 10.7 Å². The summed E-state index contributed by atoms with van der Waals surface area (Å²) in [7, 11) is 3.84.